The number of halogens is 2. The van der Waals surface area contributed by atoms with Gasteiger partial charge in [-0.2, -0.15) is 0 Å². The average molecular weight is 462 g/mol. The van der Waals surface area contributed by atoms with E-state index in [2.05, 4.69) is 17.0 Å². The van der Waals surface area contributed by atoms with Gasteiger partial charge in [-0.1, -0.05) is 59.6 Å². The predicted octanol–water partition coefficient (Wildman–Crippen LogP) is 6.17. The first kappa shape index (κ1) is 20.8. The standard InChI is InChI=1S/C26H21Cl2N3O/c27-18-10-11-21(23(28)16-18)25-17-22(20-8-4-5-9-24(20)29-25)26(32)31-14-12-30(13-15-31)19-6-2-1-3-7-19/h1-11,16-17H,12-15H2. The summed E-state index contributed by atoms with van der Waals surface area (Å²) in [7, 11) is 0. The van der Waals surface area contributed by atoms with Crippen LogP contribution in [0, 0.1) is 0 Å². The molecule has 1 aliphatic heterocycles. The SMILES string of the molecule is O=C(c1cc(-c2ccc(Cl)cc2Cl)nc2ccccc12)N1CCN(c2ccccc2)CC1. The highest BCUT2D eigenvalue weighted by Gasteiger charge is 2.24. The van der Waals surface area contributed by atoms with Crippen molar-refractivity contribution in [2.45, 2.75) is 0 Å². The lowest BCUT2D eigenvalue weighted by molar-refractivity contribution is 0.0748. The maximum Gasteiger partial charge on any atom is 0.254 e. The molecular formula is C26H21Cl2N3O. The van der Waals surface area contributed by atoms with Crippen LogP contribution in [0.3, 0.4) is 0 Å². The third-order valence-corrected chi connectivity index (χ3v) is 6.39. The van der Waals surface area contributed by atoms with Crippen molar-refractivity contribution in [2.24, 2.45) is 0 Å². The zero-order valence-electron chi connectivity index (χ0n) is 17.3. The van der Waals surface area contributed by atoms with Crippen LogP contribution in [0.2, 0.25) is 10.0 Å². The number of para-hydroxylation sites is 2. The highest BCUT2D eigenvalue weighted by Crippen LogP contribution is 2.32. The number of rotatable bonds is 3. The van der Waals surface area contributed by atoms with Gasteiger partial charge in [0, 0.05) is 47.8 Å². The van der Waals surface area contributed by atoms with Gasteiger partial charge in [0.1, 0.15) is 0 Å². The molecule has 0 radical (unpaired) electrons. The summed E-state index contributed by atoms with van der Waals surface area (Å²) in [5.41, 5.74) is 4.02. The van der Waals surface area contributed by atoms with Crippen molar-refractivity contribution in [2.75, 3.05) is 31.1 Å². The first-order valence-electron chi connectivity index (χ1n) is 10.5. The molecule has 1 aliphatic rings. The van der Waals surface area contributed by atoms with Gasteiger partial charge in [-0.05, 0) is 42.5 Å². The smallest absolute Gasteiger partial charge is 0.254 e. The summed E-state index contributed by atoms with van der Waals surface area (Å²) in [6.45, 7) is 2.94. The van der Waals surface area contributed by atoms with Gasteiger partial charge < -0.3 is 9.80 Å². The molecule has 0 spiro atoms. The van der Waals surface area contributed by atoms with Crippen molar-refractivity contribution in [1.82, 2.24) is 9.88 Å². The van der Waals surface area contributed by atoms with Gasteiger partial charge in [-0.25, -0.2) is 4.98 Å². The molecule has 6 heteroatoms. The summed E-state index contributed by atoms with van der Waals surface area (Å²) in [5, 5.41) is 1.92. The molecule has 4 aromatic rings. The summed E-state index contributed by atoms with van der Waals surface area (Å²) in [6.07, 6.45) is 0. The monoisotopic (exact) mass is 461 g/mol. The number of carbonyl (C=O) groups is 1. The van der Waals surface area contributed by atoms with Crippen LogP contribution in [-0.4, -0.2) is 42.0 Å². The summed E-state index contributed by atoms with van der Waals surface area (Å²) >= 11 is 12.5. The van der Waals surface area contributed by atoms with Crippen LogP contribution in [0.25, 0.3) is 22.2 Å². The molecule has 32 heavy (non-hydrogen) atoms. The maximum atomic E-state index is 13.6. The van der Waals surface area contributed by atoms with E-state index in [9.17, 15) is 4.79 Å². The summed E-state index contributed by atoms with van der Waals surface area (Å²) in [5.74, 6) is 0.0163. The van der Waals surface area contributed by atoms with Gasteiger partial charge in [0.15, 0.2) is 0 Å². The Labute approximate surface area is 197 Å². The zero-order chi connectivity index (χ0) is 22.1. The molecule has 0 aliphatic carbocycles. The van der Waals surface area contributed by atoms with E-state index >= 15 is 0 Å². The predicted molar refractivity (Wildman–Crippen MR) is 132 cm³/mol. The number of pyridine rings is 1. The number of hydrogen-bond acceptors (Lipinski definition) is 3. The molecular weight excluding hydrogens is 441 g/mol. The molecule has 0 unspecified atom stereocenters. The Morgan fingerprint density at radius 1 is 0.812 bits per heavy atom. The van der Waals surface area contributed by atoms with Crippen LogP contribution in [-0.2, 0) is 0 Å². The van der Waals surface area contributed by atoms with E-state index in [1.807, 2.05) is 59.5 Å². The largest absolute Gasteiger partial charge is 0.368 e. The van der Waals surface area contributed by atoms with Crippen LogP contribution in [0.5, 0.6) is 0 Å². The van der Waals surface area contributed by atoms with Gasteiger partial charge in [0.05, 0.1) is 21.8 Å². The Balaban J connectivity index is 1.47. The third-order valence-electron chi connectivity index (χ3n) is 5.84. The van der Waals surface area contributed by atoms with Crippen molar-refractivity contribution in [3.63, 3.8) is 0 Å². The van der Waals surface area contributed by atoms with E-state index in [-0.39, 0.29) is 5.91 Å². The molecule has 0 N–H and O–H groups in total. The van der Waals surface area contributed by atoms with E-state index in [0.717, 1.165) is 29.6 Å². The molecule has 1 aromatic heterocycles. The van der Waals surface area contributed by atoms with Crippen LogP contribution >= 0.6 is 23.2 Å². The molecule has 0 bridgehead atoms. The summed E-state index contributed by atoms with van der Waals surface area (Å²) < 4.78 is 0. The lowest BCUT2D eigenvalue weighted by atomic mass is 10.0. The minimum Gasteiger partial charge on any atom is -0.368 e. The van der Waals surface area contributed by atoms with E-state index in [1.165, 1.54) is 5.69 Å². The number of hydrogen-bond donors (Lipinski definition) is 0. The summed E-state index contributed by atoms with van der Waals surface area (Å²) in [6, 6.07) is 25.2. The van der Waals surface area contributed by atoms with Gasteiger partial charge in [0.25, 0.3) is 5.91 Å². The lowest BCUT2D eigenvalue weighted by Gasteiger charge is -2.36. The molecule has 1 fully saturated rings. The number of piperazine rings is 1. The second-order valence-electron chi connectivity index (χ2n) is 7.81. The van der Waals surface area contributed by atoms with Crippen molar-refractivity contribution in [1.29, 1.82) is 0 Å². The van der Waals surface area contributed by atoms with Crippen molar-refractivity contribution >= 4 is 45.7 Å². The van der Waals surface area contributed by atoms with Gasteiger partial charge >= 0.3 is 0 Å². The van der Waals surface area contributed by atoms with Gasteiger partial charge in [-0.3, -0.25) is 4.79 Å². The number of benzene rings is 3. The second kappa shape index (κ2) is 8.81. The Bertz CT molecular complexity index is 1290. The molecule has 160 valence electrons. The van der Waals surface area contributed by atoms with E-state index in [4.69, 9.17) is 28.2 Å². The topological polar surface area (TPSA) is 36.4 Å². The van der Waals surface area contributed by atoms with Crippen molar-refractivity contribution < 1.29 is 4.79 Å². The zero-order valence-corrected chi connectivity index (χ0v) is 18.9. The molecule has 3 aromatic carbocycles. The number of carbonyl (C=O) groups excluding carboxylic acids is 1. The van der Waals surface area contributed by atoms with Crippen LogP contribution in [0.4, 0.5) is 5.69 Å². The highest BCUT2D eigenvalue weighted by atomic mass is 35.5. The van der Waals surface area contributed by atoms with Crippen molar-refractivity contribution in [3.8, 4) is 11.3 Å². The third kappa shape index (κ3) is 4.04. The quantitative estimate of drug-likeness (QED) is 0.365. The molecule has 4 nitrogen and oxygen atoms in total. The molecule has 0 atom stereocenters. The maximum absolute atomic E-state index is 13.6. The fraction of sp³-hybridized carbons (Fsp3) is 0.154. The molecule has 5 rings (SSSR count). The Morgan fingerprint density at radius 3 is 2.28 bits per heavy atom. The molecule has 0 saturated carbocycles. The van der Waals surface area contributed by atoms with Gasteiger partial charge in [-0.15, -0.1) is 0 Å². The lowest BCUT2D eigenvalue weighted by Crippen LogP contribution is -2.48. The van der Waals surface area contributed by atoms with E-state index < -0.39 is 0 Å². The Morgan fingerprint density at radius 2 is 1.53 bits per heavy atom. The van der Waals surface area contributed by atoms with Crippen LogP contribution in [0.15, 0.2) is 78.9 Å². The molecule has 2 heterocycles. The second-order valence-corrected chi connectivity index (χ2v) is 8.65. The minimum absolute atomic E-state index is 0.0163. The average Bonchev–Trinajstić information content (AvgIpc) is 2.83. The molecule has 1 saturated heterocycles. The van der Waals surface area contributed by atoms with E-state index in [0.29, 0.717) is 34.4 Å². The number of amides is 1. The van der Waals surface area contributed by atoms with Gasteiger partial charge in [0.2, 0.25) is 0 Å². The Hall–Kier alpha value is -3.08. The molecule has 1 amide bonds. The number of anilines is 1. The first-order valence-corrected chi connectivity index (χ1v) is 11.3. The van der Waals surface area contributed by atoms with E-state index in [1.54, 1.807) is 12.1 Å². The first-order chi connectivity index (χ1) is 15.6. The van der Waals surface area contributed by atoms with Crippen LogP contribution < -0.4 is 4.90 Å². The van der Waals surface area contributed by atoms with Crippen LogP contribution in [0.1, 0.15) is 10.4 Å². The fourth-order valence-corrected chi connectivity index (χ4v) is 4.67. The summed E-state index contributed by atoms with van der Waals surface area (Å²) in [4.78, 5) is 22.6. The fourth-order valence-electron chi connectivity index (χ4n) is 4.16. The van der Waals surface area contributed by atoms with Crippen molar-refractivity contribution in [3.05, 3.63) is 94.5 Å². The Kier molecular flexibility index (Phi) is 5.73. The number of fused-ring (bicyclic) bond motifs is 1. The highest BCUT2D eigenvalue weighted by molar-refractivity contribution is 6.36. The minimum atomic E-state index is 0.0163. The normalized spacial score (nSPS) is 14.1. The number of nitrogens with zero attached hydrogens (tertiary/aromatic N) is 3. The number of aromatic nitrogens is 1.